The molecule has 0 N–H and O–H groups in total. The van der Waals surface area contributed by atoms with Gasteiger partial charge in [-0.3, -0.25) is 0 Å². The van der Waals surface area contributed by atoms with E-state index in [0.717, 1.165) is 18.8 Å². The molecule has 2 nitrogen and oxygen atoms in total. The van der Waals surface area contributed by atoms with E-state index in [1.807, 2.05) is 18.2 Å². The zero-order valence-corrected chi connectivity index (χ0v) is 12.9. The maximum Gasteiger partial charge on any atom is 0.338 e. The molecular weight excluding hydrogens is 248 g/mol. The van der Waals surface area contributed by atoms with Gasteiger partial charge < -0.3 is 4.74 Å². The van der Waals surface area contributed by atoms with Gasteiger partial charge >= 0.3 is 5.97 Å². The third kappa shape index (κ3) is 7.32. The molecule has 0 bridgehead atoms. The number of carbonyl (C=O) groups is 1. The van der Waals surface area contributed by atoms with Crippen LogP contribution in [-0.4, -0.2) is 12.6 Å². The molecule has 1 unspecified atom stereocenters. The Morgan fingerprint density at radius 2 is 1.75 bits per heavy atom. The molecule has 1 atom stereocenters. The van der Waals surface area contributed by atoms with Gasteiger partial charge in [0.1, 0.15) is 0 Å². The first-order valence-electron chi connectivity index (χ1n) is 7.96. The Kier molecular flexibility index (Phi) is 8.77. The monoisotopic (exact) mass is 276 g/mol. The molecular formula is C18H28O2. The van der Waals surface area contributed by atoms with Crippen LogP contribution < -0.4 is 0 Å². The van der Waals surface area contributed by atoms with Gasteiger partial charge in [-0.1, -0.05) is 64.2 Å². The molecule has 20 heavy (non-hydrogen) atoms. The summed E-state index contributed by atoms with van der Waals surface area (Å²) in [5.74, 6) is 0.531. The molecule has 1 rings (SSSR count). The summed E-state index contributed by atoms with van der Waals surface area (Å²) in [6.45, 7) is 5.07. The van der Waals surface area contributed by atoms with Crippen LogP contribution in [0.2, 0.25) is 0 Å². The zero-order valence-electron chi connectivity index (χ0n) is 12.9. The van der Waals surface area contributed by atoms with E-state index >= 15 is 0 Å². The highest BCUT2D eigenvalue weighted by Gasteiger charge is 2.06. The summed E-state index contributed by atoms with van der Waals surface area (Å²) in [7, 11) is 0. The summed E-state index contributed by atoms with van der Waals surface area (Å²) in [6.07, 6.45) is 8.74. The minimum absolute atomic E-state index is 0.207. The second-order valence-electron chi connectivity index (χ2n) is 5.60. The average molecular weight is 276 g/mol. The van der Waals surface area contributed by atoms with E-state index in [9.17, 15) is 4.79 Å². The Labute approximate surface area is 123 Å². The fourth-order valence-corrected chi connectivity index (χ4v) is 2.32. The molecule has 0 spiro atoms. The number of benzene rings is 1. The number of unbranched alkanes of at least 4 members (excludes halogenated alkanes) is 3. The number of hydrogen-bond donors (Lipinski definition) is 0. The number of carbonyl (C=O) groups excluding carboxylic acids is 1. The van der Waals surface area contributed by atoms with E-state index < -0.39 is 0 Å². The number of esters is 1. The first-order chi connectivity index (χ1) is 9.74. The molecule has 1 aromatic rings. The van der Waals surface area contributed by atoms with Gasteiger partial charge in [0.05, 0.1) is 12.2 Å². The van der Waals surface area contributed by atoms with Gasteiger partial charge in [-0.15, -0.1) is 0 Å². The van der Waals surface area contributed by atoms with Crippen LogP contribution in [0.15, 0.2) is 30.3 Å². The largest absolute Gasteiger partial charge is 0.462 e. The van der Waals surface area contributed by atoms with Gasteiger partial charge in [0.15, 0.2) is 0 Å². The number of rotatable bonds is 10. The van der Waals surface area contributed by atoms with Crippen LogP contribution in [0.3, 0.4) is 0 Å². The second kappa shape index (κ2) is 10.5. The summed E-state index contributed by atoms with van der Waals surface area (Å²) in [5.41, 5.74) is 0.639. The third-order valence-electron chi connectivity index (χ3n) is 3.63. The predicted octanol–water partition coefficient (Wildman–Crippen LogP) is 5.23. The Balaban J connectivity index is 2.05. The normalized spacial score (nSPS) is 12.1. The van der Waals surface area contributed by atoms with Gasteiger partial charge in [0, 0.05) is 0 Å². The maximum atomic E-state index is 11.7. The molecule has 0 radical (unpaired) electrons. The SMILES string of the molecule is CCCCCCC(C)CCCOC(=O)c1ccccc1. The van der Waals surface area contributed by atoms with E-state index in [-0.39, 0.29) is 5.97 Å². The quantitative estimate of drug-likeness (QED) is 0.432. The molecule has 0 aliphatic heterocycles. The molecule has 0 heterocycles. The predicted molar refractivity (Wildman–Crippen MR) is 83.9 cm³/mol. The lowest BCUT2D eigenvalue weighted by Gasteiger charge is -2.11. The zero-order chi connectivity index (χ0) is 14.6. The van der Waals surface area contributed by atoms with E-state index in [0.29, 0.717) is 12.2 Å². The summed E-state index contributed by atoms with van der Waals surface area (Å²) in [5, 5.41) is 0. The highest BCUT2D eigenvalue weighted by atomic mass is 16.5. The minimum atomic E-state index is -0.207. The van der Waals surface area contributed by atoms with Crippen molar-refractivity contribution in [1.29, 1.82) is 0 Å². The van der Waals surface area contributed by atoms with Gasteiger partial charge in [0.25, 0.3) is 0 Å². The minimum Gasteiger partial charge on any atom is -0.462 e. The Morgan fingerprint density at radius 1 is 1.05 bits per heavy atom. The van der Waals surface area contributed by atoms with Crippen molar-refractivity contribution in [3.8, 4) is 0 Å². The Bertz CT molecular complexity index is 359. The van der Waals surface area contributed by atoms with Crippen LogP contribution in [0.4, 0.5) is 0 Å². The van der Waals surface area contributed by atoms with Crippen molar-refractivity contribution in [2.45, 2.75) is 58.8 Å². The first-order valence-corrected chi connectivity index (χ1v) is 7.96. The van der Waals surface area contributed by atoms with Gasteiger partial charge in [-0.2, -0.15) is 0 Å². The molecule has 2 heteroatoms. The van der Waals surface area contributed by atoms with Crippen LogP contribution in [0.5, 0.6) is 0 Å². The molecule has 0 aliphatic carbocycles. The fourth-order valence-electron chi connectivity index (χ4n) is 2.32. The Morgan fingerprint density at radius 3 is 2.45 bits per heavy atom. The third-order valence-corrected chi connectivity index (χ3v) is 3.63. The number of hydrogen-bond acceptors (Lipinski definition) is 2. The van der Waals surface area contributed by atoms with Crippen molar-refractivity contribution in [2.75, 3.05) is 6.61 Å². The van der Waals surface area contributed by atoms with Gasteiger partial charge in [-0.25, -0.2) is 4.79 Å². The van der Waals surface area contributed by atoms with Crippen molar-refractivity contribution >= 4 is 5.97 Å². The van der Waals surface area contributed by atoms with Crippen molar-refractivity contribution in [3.05, 3.63) is 35.9 Å². The van der Waals surface area contributed by atoms with E-state index in [2.05, 4.69) is 13.8 Å². The molecule has 0 aromatic heterocycles. The smallest absolute Gasteiger partial charge is 0.338 e. The molecule has 1 aromatic carbocycles. The number of ether oxygens (including phenoxy) is 1. The van der Waals surface area contributed by atoms with Crippen molar-refractivity contribution in [1.82, 2.24) is 0 Å². The summed E-state index contributed by atoms with van der Waals surface area (Å²) >= 11 is 0. The molecule has 0 saturated heterocycles. The van der Waals surface area contributed by atoms with Crippen molar-refractivity contribution in [2.24, 2.45) is 5.92 Å². The molecule has 0 fully saturated rings. The van der Waals surface area contributed by atoms with Crippen LogP contribution in [0, 0.1) is 5.92 Å². The molecule has 0 amide bonds. The average Bonchev–Trinajstić information content (AvgIpc) is 2.49. The molecule has 112 valence electrons. The summed E-state index contributed by atoms with van der Waals surface area (Å²) in [4.78, 5) is 11.7. The van der Waals surface area contributed by atoms with Gasteiger partial charge in [-0.05, 0) is 30.9 Å². The van der Waals surface area contributed by atoms with Crippen LogP contribution in [0.1, 0.15) is 69.2 Å². The first kappa shape index (κ1) is 16.7. The van der Waals surface area contributed by atoms with E-state index in [1.54, 1.807) is 12.1 Å². The lowest BCUT2D eigenvalue weighted by atomic mass is 9.98. The molecule has 0 saturated carbocycles. The summed E-state index contributed by atoms with van der Waals surface area (Å²) < 4.78 is 5.28. The van der Waals surface area contributed by atoms with Crippen LogP contribution >= 0.6 is 0 Å². The van der Waals surface area contributed by atoms with E-state index in [4.69, 9.17) is 4.74 Å². The highest BCUT2D eigenvalue weighted by molar-refractivity contribution is 5.89. The highest BCUT2D eigenvalue weighted by Crippen LogP contribution is 2.15. The van der Waals surface area contributed by atoms with E-state index in [1.165, 1.54) is 32.1 Å². The lowest BCUT2D eigenvalue weighted by Crippen LogP contribution is -2.07. The van der Waals surface area contributed by atoms with Crippen molar-refractivity contribution in [3.63, 3.8) is 0 Å². The lowest BCUT2D eigenvalue weighted by molar-refractivity contribution is 0.0493. The van der Waals surface area contributed by atoms with Crippen LogP contribution in [-0.2, 0) is 4.74 Å². The second-order valence-corrected chi connectivity index (χ2v) is 5.60. The molecule has 0 aliphatic rings. The summed E-state index contributed by atoms with van der Waals surface area (Å²) in [6, 6.07) is 9.19. The van der Waals surface area contributed by atoms with Crippen LogP contribution in [0.25, 0.3) is 0 Å². The Hall–Kier alpha value is -1.31. The fraction of sp³-hybridized carbons (Fsp3) is 0.611. The maximum absolute atomic E-state index is 11.7. The van der Waals surface area contributed by atoms with Gasteiger partial charge in [0.2, 0.25) is 0 Å². The van der Waals surface area contributed by atoms with Crippen molar-refractivity contribution < 1.29 is 9.53 Å². The topological polar surface area (TPSA) is 26.3 Å². The standard InChI is InChI=1S/C18H28O2/c1-3-4-5-7-11-16(2)12-10-15-20-18(19)17-13-8-6-9-14-17/h6,8-9,13-14,16H,3-5,7,10-12,15H2,1-2H3.